The lowest BCUT2D eigenvalue weighted by Gasteiger charge is -2.43. The monoisotopic (exact) mass is 422 g/mol. The third-order valence-electron chi connectivity index (χ3n) is 6.95. The summed E-state index contributed by atoms with van der Waals surface area (Å²) in [6.07, 6.45) is 1.35. The van der Waals surface area contributed by atoms with Crippen molar-refractivity contribution in [3.63, 3.8) is 0 Å². The van der Waals surface area contributed by atoms with Crippen molar-refractivity contribution in [3.8, 4) is 0 Å². The maximum absolute atomic E-state index is 13.4. The van der Waals surface area contributed by atoms with Crippen molar-refractivity contribution in [1.29, 1.82) is 0 Å². The van der Waals surface area contributed by atoms with Crippen LogP contribution in [0.25, 0.3) is 0 Å². The summed E-state index contributed by atoms with van der Waals surface area (Å²) < 4.78 is 0. The Balaban J connectivity index is 1.69. The number of carbonyl (C=O) groups excluding carboxylic acids is 2. The van der Waals surface area contributed by atoms with Gasteiger partial charge in [0, 0.05) is 36.5 Å². The van der Waals surface area contributed by atoms with Gasteiger partial charge in [-0.25, -0.2) is 0 Å². The molecule has 4 aliphatic rings. The van der Waals surface area contributed by atoms with E-state index in [0.29, 0.717) is 43.7 Å². The molecule has 0 bridgehead atoms. The summed E-state index contributed by atoms with van der Waals surface area (Å²) in [6, 6.07) is 5.80. The molecule has 2 N–H and O–H groups in total. The summed E-state index contributed by atoms with van der Waals surface area (Å²) in [4.78, 5) is 40.4. The van der Waals surface area contributed by atoms with Gasteiger partial charge in [0.15, 0.2) is 11.6 Å². The van der Waals surface area contributed by atoms with Crippen LogP contribution in [0.1, 0.15) is 37.8 Å². The van der Waals surface area contributed by atoms with E-state index in [-0.39, 0.29) is 22.8 Å². The van der Waals surface area contributed by atoms with E-state index in [1.807, 2.05) is 43.9 Å². The summed E-state index contributed by atoms with van der Waals surface area (Å²) in [5, 5.41) is 18.4. The van der Waals surface area contributed by atoms with E-state index >= 15 is 0 Å². The molecule has 1 aromatic carbocycles. The Hall–Kier alpha value is -3.16. The number of Topliss-reactive ketones (excluding diaryl/α,β-unsaturated/α-hetero) is 1. The van der Waals surface area contributed by atoms with E-state index < -0.39 is 16.8 Å². The van der Waals surface area contributed by atoms with Crippen molar-refractivity contribution in [2.45, 2.75) is 40.0 Å². The number of nitrogens with zero attached hydrogens (tertiary/aromatic N) is 2. The van der Waals surface area contributed by atoms with Crippen LogP contribution in [0.2, 0.25) is 0 Å². The van der Waals surface area contributed by atoms with E-state index in [2.05, 4.69) is 10.6 Å². The van der Waals surface area contributed by atoms with Crippen LogP contribution >= 0.6 is 0 Å². The average Bonchev–Trinajstić information content (AvgIpc) is 3.16. The van der Waals surface area contributed by atoms with Crippen LogP contribution < -0.4 is 10.6 Å². The van der Waals surface area contributed by atoms with Crippen LogP contribution in [0.5, 0.6) is 0 Å². The molecule has 0 saturated carbocycles. The van der Waals surface area contributed by atoms with E-state index in [1.54, 1.807) is 0 Å². The zero-order valence-corrected chi connectivity index (χ0v) is 17.9. The molecular weight excluding hydrogens is 396 g/mol. The molecule has 1 aliphatic carbocycles. The number of benzene rings is 1. The predicted molar refractivity (Wildman–Crippen MR) is 114 cm³/mol. The van der Waals surface area contributed by atoms with E-state index in [9.17, 15) is 19.7 Å². The van der Waals surface area contributed by atoms with Crippen molar-refractivity contribution < 1.29 is 14.5 Å². The minimum Gasteiger partial charge on any atom is -0.364 e. The van der Waals surface area contributed by atoms with Gasteiger partial charge in [-0.15, -0.1) is 0 Å². The number of allylic oxidation sites excluding steroid dienone is 2. The summed E-state index contributed by atoms with van der Waals surface area (Å²) in [5.41, 5.74) is 3.72. The number of hydrogen-bond acceptors (Lipinski definition) is 6. The highest BCUT2D eigenvalue weighted by Crippen LogP contribution is 2.50. The normalized spacial score (nSPS) is 26.7. The van der Waals surface area contributed by atoms with Crippen molar-refractivity contribution in [3.05, 3.63) is 62.2 Å². The fraction of sp³-hybridized carbons (Fsp3) is 0.478. The molecule has 31 heavy (non-hydrogen) atoms. The molecule has 5 rings (SSSR count). The fourth-order valence-corrected chi connectivity index (χ4v) is 5.66. The van der Waals surface area contributed by atoms with Crippen molar-refractivity contribution in [1.82, 2.24) is 10.2 Å². The molecule has 8 heteroatoms. The highest BCUT2D eigenvalue weighted by molar-refractivity contribution is 6.02. The van der Waals surface area contributed by atoms with Crippen molar-refractivity contribution >= 4 is 17.4 Å². The lowest BCUT2D eigenvalue weighted by molar-refractivity contribution is -0.436. The second-order valence-corrected chi connectivity index (χ2v) is 9.76. The number of anilines is 1. The van der Waals surface area contributed by atoms with Crippen molar-refractivity contribution in [2.75, 3.05) is 18.4 Å². The van der Waals surface area contributed by atoms with Gasteiger partial charge in [0.05, 0.1) is 16.8 Å². The summed E-state index contributed by atoms with van der Waals surface area (Å²) in [6.45, 7) is 7.18. The quantitative estimate of drug-likeness (QED) is 0.561. The van der Waals surface area contributed by atoms with Crippen LogP contribution in [0.4, 0.5) is 5.69 Å². The number of hydrogen-bond donors (Lipinski definition) is 2. The smallest absolute Gasteiger partial charge is 0.294 e. The van der Waals surface area contributed by atoms with Gasteiger partial charge in [0.2, 0.25) is 5.91 Å². The number of nitrogens with one attached hydrogen (secondary N) is 2. The first-order valence-corrected chi connectivity index (χ1v) is 10.7. The van der Waals surface area contributed by atoms with Gasteiger partial charge < -0.3 is 15.5 Å². The van der Waals surface area contributed by atoms with Gasteiger partial charge in [0.1, 0.15) is 0 Å². The molecule has 3 aliphatic heterocycles. The second-order valence-electron chi connectivity index (χ2n) is 9.76. The molecular formula is C23H26N4O4. The second kappa shape index (κ2) is 6.67. The Kier molecular flexibility index (Phi) is 4.26. The number of ketones is 1. The minimum absolute atomic E-state index is 0.0550. The van der Waals surface area contributed by atoms with Crippen LogP contribution in [-0.2, 0) is 16.0 Å². The SMILES string of the molecule is Cc1cccc2c1NC(=O)C(C1C3=C(CC(C)(C)CC3=O)N3CCNC3=C1[N+](=O)[O-])C2. The topological polar surface area (TPSA) is 105 Å². The first kappa shape index (κ1) is 19.8. The number of para-hydroxylation sites is 1. The Morgan fingerprint density at radius 3 is 2.74 bits per heavy atom. The number of carbonyl (C=O) groups is 2. The average molecular weight is 422 g/mol. The molecule has 2 atom stereocenters. The fourth-order valence-electron chi connectivity index (χ4n) is 5.66. The number of fused-ring (bicyclic) bond motifs is 3. The molecule has 162 valence electrons. The van der Waals surface area contributed by atoms with Gasteiger partial charge in [0.25, 0.3) is 5.70 Å². The molecule has 1 amide bonds. The van der Waals surface area contributed by atoms with Gasteiger partial charge in [-0.3, -0.25) is 19.7 Å². The standard InChI is InChI=1S/C23H26N4O4/c1-12-5-4-6-13-9-14(22(29)25-19(12)13)17-18-15(10-23(2,3)11-16(18)28)26-8-7-24-21(26)20(17)27(30)31/h4-6,14,17,24H,7-11H2,1-3H3,(H,25,29). The third-order valence-corrected chi connectivity index (χ3v) is 6.95. The number of nitro groups is 1. The summed E-state index contributed by atoms with van der Waals surface area (Å²) in [7, 11) is 0. The Morgan fingerprint density at radius 1 is 1.23 bits per heavy atom. The zero-order valence-electron chi connectivity index (χ0n) is 17.9. The van der Waals surface area contributed by atoms with E-state index in [4.69, 9.17) is 0 Å². The highest BCUT2D eigenvalue weighted by atomic mass is 16.6. The Labute approximate surface area is 180 Å². The molecule has 0 radical (unpaired) electrons. The highest BCUT2D eigenvalue weighted by Gasteiger charge is 2.54. The lowest BCUT2D eigenvalue weighted by atomic mass is 9.67. The van der Waals surface area contributed by atoms with Gasteiger partial charge in [-0.2, -0.15) is 0 Å². The first-order chi connectivity index (χ1) is 14.7. The minimum atomic E-state index is -0.862. The molecule has 8 nitrogen and oxygen atoms in total. The maximum atomic E-state index is 13.4. The summed E-state index contributed by atoms with van der Waals surface area (Å²) in [5.74, 6) is -1.46. The first-order valence-electron chi connectivity index (χ1n) is 10.7. The Morgan fingerprint density at radius 2 is 2.00 bits per heavy atom. The maximum Gasteiger partial charge on any atom is 0.294 e. The van der Waals surface area contributed by atoms with Crippen molar-refractivity contribution in [2.24, 2.45) is 17.3 Å². The lowest BCUT2D eigenvalue weighted by Crippen LogP contribution is -2.47. The molecule has 1 fully saturated rings. The Bertz CT molecular complexity index is 1100. The zero-order chi connectivity index (χ0) is 22.1. The molecule has 1 aromatic rings. The molecule has 0 spiro atoms. The molecule has 0 aromatic heterocycles. The number of rotatable bonds is 2. The van der Waals surface area contributed by atoms with Gasteiger partial charge in [-0.05, 0) is 36.3 Å². The van der Waals surface area contributed by atoms with Crippen LogP contribution in [-0.4, -0.2) is 34.6 Å². The summed E-state index contributed by atoms with van der Waals surface area (Å²) >= 11 is 0. The molecule has 1 saturated heterocycles. The molecule has 3 heterocycles. The molecule has 2 unspecified atom stereocenters. The van der Waals surface area contributed by atoms with E-state index in [0.717, 1.165) is 22.5 Å². The van der Waals surface area contributed by atoms with Gasteiger partial charge in [-0.1, -0.05) is 32.0 Å². The van der Waals surface area contributed by atoms with Crippen LogP contribution in [0, 0.1) is 34.3 Å². The number of amides is 1. The van der Waals surface area contributed by atoms with Crippen LogP contribution in [0.3, 0.4) is 0 Å². The third kappa shape index (κ3) is 2.96. The van der Waals surface area contributed by atoms with Gasteiger partial charge >= 0.3 is 0 Å². The predicted octanol–water partition coefficient (Wildman–Crippen LogP) is 2.73. The van der Waals surface area contributed by atoms with Crippen LogP contribution in [0.15, 0.2) is 41.0 Å². The largest absolute Gasteiger partial charge is 0.364 e. The van der Waals surface area contributed by atoms with E-state index in [1.165, 1.54) is 0 Å². The number of aryl methyl sites for hydroxylation is 1.